The molecule has 1 saturated carbocycles. The van der Waals surface area contributed by atoms with Crippen LogP contribution in [0, 0.1) is 5.92 Å². The normalized spacial score (nSPS) is 16.3. The van der Waals surface area contributed by atoms with Crippen molar-refractivity contribution < 1.29 is 31.1 Å². The van der Waals surface area contributed by atoms with Gasteiger partial charge in [-0.05, 0) is 43.9 Å². The molecule has 0 spiro atoms. The van der Waals surface area contributed by atoms with Crippen molar-refractivity contribution in [3.05, 3.63) is 23.8 Å². The van der Waals surface area contributed by atoms with Crippen molar-refractivity contribution >= 4 is 15.9 Å². The Kier molecular flexibility index (Phi) is 6.10. The van der Waals surface area contributed by atoms with E-state index in [4.69, 9.17) is 4.74 Å². The maximum Gasteiger partial charge on any atom is 0.406 e. The zero-order valence-electron chi connectivity index (χ0n) is 15.6. The van der Waals surface area contributed by atoms with Gasteiger partial charge in [0.05, 0.1) is 7.11 Å². The smallest absolute Gasteiger partial charge is 0.406 e. The molecule has 1 aliphatic rings. The van der Waals surface area contributed by atoms with Crippen molar-refractivity contribution in [2.75, 3.05) is 27.7 Å². The molecule has 0 bridgehead atoms. The average Bonchev–Trinajstić information content (AvgIpc) is 3.42. The van der Waals surface area contributed by atoms with Crippen molar-refractivity contribution in [1.82, 2.24) is 9.21 Å². The maximum atomic E-state index is 13.0. The minimum Gasteiger partial charge on any atom is -0.495 e. The van der Waals surface area contributed by atoms with Gasteiger partial charge in [0.15, 0.2) is 0 Å². The van der Waals surface area contributed by atoms with Crippen LogP contribution in [0.2, 0.25) is 0 Å². The SMILES string of the molecule is COc1ccc(C(=O)N(CC(F)(F)F)[C@H](C)C2CC2)cc1S(=O)(=O)N(C)C. The molecular weight excluding hydrogens is 385 g/mol. The molecule has 0 radical (unpaired) electrons. The highest BCUT2D eigenvalue weighted by Gasteiger charge is 2.41. The molecule has 1 fully saturated rings. The van der Waals surface area contributed by atoms with Gasteiger partial charge in [-0.1, -0.05) is 0 Å². The third-order valence-electron chi connectivity index (χ3n) is 4.58. The molecule has 1 aromatic rings. The zero-order chi connectivity index (χ0) is 20.6. The van der Waals surface area contributed by atoms with Gasteiger partial charge in [-0.3, -0.25) is 4.79 Å². The summed E-state index contributed by atoms with van der Waals surface area (Å²) in [5, 5.41) is 0. The Labute approximate surface area is 156 Å². The lowest BCUT2D eigenvalue weighted by Crippen LogP contribution is -2.45. The first-order valence-electron chi connectivity index (χ1n) is 8.36. The number of rotatable bonds is 7. The number of amides is 1. The summed E-state index contributed by atoms with van der Waals surface area (Å²) < 4.78 is 70.0. The molecule has 10 heteroatoms. The second-order valence-corrected chi connectivity index (χ2v) is 8.90. The largest absolute Gasteiger partial charge is 0.495 e. The summed E-state index contributed by atoms with van der Waals surface area (Å²) >= 11 is 0. The number of halogens is 3. The van der Waals surface area contributed by atoms with Crippen LogP contribution in [0.1, 0.15) is 30.1 Å². The molecule has 0 heterocycles. The van der Waals surface area contributed by atoms with Gasteiger partial charge in [0.1, 0.15) is 17.2 Å². The van der Waals surface area contributed by atoms with Crippen LogP contribution in [0.5, 0.6) is 5.75 Å². The number of hydrogen-bond donors (Lipinski definition) is 0. The van der Waals surface area contributed by atoms with Crippen molar-refractivity contribution in [2.24, 2.45) is 5.92 Å². The van der Waals surface area contributed by atoms with Crippen LogP contribution >= 0.6 is 0 Å². The standard InChI is InChI=1S/C17H23F3N2O4S/c1-11(12-5-6-12)22(10-17(18,19)20)16(23)13-7-8-14(26-4)15(9-13)27(24,25)21(2)3/h7-9,11-12H,5-6,10H2,1-4H3/t11-/m1/s1. The number of sulfonamides is 1. The Hall–Kier alpha value is -1.81. The molecule has 0 unspecified atom stereocenters. The molecule has 0 N–H and O–H groups in total. The first kappa shape index (κ1) is 21.5. The second-order valence-electron chi connectivity index (χ2n) is 6.78. The van der Waals surface area contributed by atoms with Crippen LogP contribution in [0.4, 0.5) is 13.2 Å². The van der Waals surface area contributed by atoms with Gasteiger partial charge in [0.2, 0.25) is 10.0 Å². The number of nitrogens with zero attached hydrogens (tertiary/aromatic N) is 2. The van der Waals surface area contributed by atoms with Crippen LogP contribution < -0.4 is 4.74 Å². The highest BCUT2D eigenvalue weighted by molar-refractivity contribution is 7.89. The van der Waals surface area contributed by atoms with E-state index in [0.29, 0.717) is 0 Å². The highest BCUT2D eigenvalue weighted by atomic mass is 32.2. The van der Waals surface area contributed by atoms with Crippen LogP contribution in [0.3, 0.4) is 0 Å². The van der Waals surface area contributed by atoms with E-state index in [2.05, 4.69) is 0 Å². The molecule has 2 rings (SSSR count). The topological polar surface area (TPSA) is 66.9 Å². The molecular formula is C17H23F3N2O4S. The Bertz CT molecular complexity index is 805. The number of carbonyl (C=O) groups is 1. The molecule has 1 atom stereocenters. The van der Waals surface area contributed by atoms with E-state index in [1.165, 1.54) is 33.3 Å². The third kappa shape index (κ3) is 4.92. The van der Waals surface area contributed by atoms with E-state index in [1.54, 1.807) is 6.92 Å². The summed E-state index contributed by atoms with van der Waals surface area (Å²) in [6, 6.07) is 3.03. The summed E-state index contributed by atoms with van der Waals surface area (Å²) in [6.45, 7) is 0.202. The van der Waals surface area contributed by atoms with Crippen LogP contribution in [0.25, 0.3) is 0 Å². The highest BCUT2D eigenvalue weighted by Crippen LogP contribution is 2.37. The molecule has 1 aromatic carbocycles. The first-order chi connectivity index (χ1) is 12.4. The van der Waals surface area contributed by atoms with Crippen molar-refractivity contribution in [2.45, 2.75) is 36.9 Å². The number of methoxy groups -OCH3 is 1. The lowest BCUT2D eigenvalue weighted by Gasteiger charge is -2.30. The van der Waals surface area contributed by atoms with Crippen molar-refractivity contribution in [3.8, 4) is 5.75 Å². The fourth-order valence-corrected chi connectivity index (χ4v) is 3.88. The molecule has 1 amide bonds. The van der Waals surface area contributed by atoms with Crippen molar-refractivity contribution in [3.63, 3.8) is 0 Å². The summed E-state index contributed by atoms with van der Waals surface area (Å²) in [5.74, 6) is -0.818. The summed E-state index contributed by atoms with van der Waals surface area (Å²) in [4.78, 5) is 13.3. The fourth-order valence-electron chi connectivity index (χ4n) is 2.80. The van der Waals surface area contributed by atoms with Gasteiger partial charge in [0.25, 0.3) is 5.91 Å². The lowest BCUT2D eigenvalue weighted by molar-refractivity contribution is -0.144. The van der Waals surface area contributed by atoms with Crippen LogP contribution in [0.15, 0.2) is 23.1 Å². The van der Waals surface area contributed by atoms with Crippen LogP contribution in [-0.2, 0) is 10.0 Å². The van der Waals surface area contributed by atoms with E-state index in [1.807, 2.05) is 0 Å². The Morgan fingerprint density at radius 2 is 1.89 bits per heavy atom. The molecule has 0 aliphatic heterocycles. The Morgan fingerprint density at radius 3 is 2.33 bits per heavy atom. The molecule has 27 heavy (non-hydrogen) atoms. The van der Waals surface area contributed by atoms with Gasteiger partial charge >= 0.3 is 6.18 Å². The van der Waals surface area contributed by atoms with Gasteiger partial charge in [-0.25, -0.2) is 12.7 Å². The van der Waals surface area contributed by atoms with E-state index in [0.717, 1.165) is 28.1 Å². The summed E-state index contributed by atoms with van der Waals surface area (Å²) in [5.41, 5.74) is -0.132. The number of benzene rings is 1. The molecule has 152 valence electrons. The monoisotopic (exact) mass is 408 g/mol. The van der Waals surface area contributed by atoms with Gasteiger partial charge < -0.3 is 9.64 Å². The van der Waals surface area contributed by atoms with Gasteiger partial charge in [0, 0.05) is 25.7 Å². The van der Waals surface area contributed by atoms with E-state index < -0.39 is 34.7 Å². The third-order valence-corrected chi connectivity index (χ3v) is 6.41. The fraction of sp³-hybridized carbons (Fsp3) is 0.588. The minimum absolute atomic E-state index is 0.0119. The van der Waals surface area contributed by atoms with Crippen LogP contribution in [-0.4, -0.2) is 63.5 Å². The summed E-state index contributed by atoms with van der Waals surface area (Å²) in [6.07, 6.45) is -3.01. The first-order valence-corrected chi connectivity index (χ1v) is 9.80. The predicted octanol–water partition coefficient (Wildman–Crippen LogP) is 2.75. The summed E-state index contributed by atoms with van der Waals surface area (Å²) in [7, 11) is -0.0432. The second kappa shape index (κ2) is 7.67. The quantitative estimate of drug-likeness (QED) is 0.696. The molecule has 0 aromatic heterocycles. The number of hydrogen-bond acceptors (Lipinski definition) is 4. The lowest BCUT2D eigenvalue weighted by atomic mass is 10.1. The molecule has 6 nitrogen and oxygen atoms in total. The number of carbonyl (C=O) groups excluding carboxylic acids is 1. The molecule has 1 aliphatic carbocycles. The van der Waals surface area contributed by atoms with E-state index in [9.17, 15) is 26.4 Å². The number of alkyl halides is 3. The van der Waals surface area contributed by atoms with Gasteiger partial charge in [-0.2, -0.15) is 13.2 Å². The number of ether oxygens (including phenoxy) is 1. The minimum atomic E-state index is -4.55. The molecule has 0 saturated heterocycles. The van der Waals surface area contributed by atoms with E-state index >= 15 is 0 Å². The van der Waals surface area contributed by atoms with Crippen molar-refractivity contribution in [1.29, 1.82) is 0 Å². The Morgan fingerprint density at radius 1 is 1.30 bits per heavy atom. The predicted molar refractivity (Wildman–Crippen MR) is 93.1 cm³/mol. The Balaban J connectivity index is 2.46. The maximum absolute atomic E-state index is 13.0. The average molecular weight is 408 g/mol. The van der Waals surface area contributed by atoms with E-state index in [-0.39, 0.29) is 22.1 Å². The van der Waals surface area contributed by atoms with Gasteiger partial charge in [-0.15, -0.1) is 0 Å². The zero-order valence-corrected chi connectivity index (χ0v) is 16.4.